The fourth-order valence-corrected chi connectivity index (χ4v) is 6.16. The van der Waals surface area contributed by atoms with Crippen molar-refractivity contribution in [2.45, 2.75) is 49.6 Å². The summed E-state index contributed by atoms with van der Waals surface area (Å²) in [5, 5.41) is 2.89. The van der Waals surface area contributed by atoms with Gasteiger partial charge in [0.25, 0.3) is 0 Å². The summed E-state index contributed by atoms with van der Waals surface area (Å²) >= 11 is 0. The number of amides is 2. The van der Waals surface area contributed by atoms with Gasteiger partial charge in [0, 0.05) is 23.9 Å². The van der Waals surface area contributed by atoms with Gasteiger partial charge in [0.1, 0.15) is 6.61 Å². The van der Waals surface area contributed by atoms with E-state index in [9.17, 15) is 9.59 Å². The monoisotopic (exact) mass is 352 g/mol. The highest BCUT2D eigenvalue weighted by Gasteiger charge is 2.91. The molecule has 3 saturated carbocycles. The smallest absolute Gasteiger partial charge is 0.407 e. The third kappa shape index (κ3) is 1.67. The molecule has 2 amide bonds. The van der Waals surface area contributed by atoms with E-state index in [0.29, 0.717) is 36.3 Å². The van der Waals surface area contributed by atoms with Crippen molar-refractivity contribution in [3.63, 3.8) is 0 Å². The summed E-state index contributed by atoms with van der Waals surface area (Å²) < 4.78 is 5.03. The van der Waals surface area contributed by atoms with Crippen molar-refractivity contribution < 1.29 is 14.3 Å². The molecule has 2 unspecified atom stereocenters. The molecule has 1 spiro atoms. The number of ether oxygens (including phenoxy) is 1. The highest BCUT2D eigenvalue weighted by molar-refractivity contribution is 5.85. The number of piperidine rings is 1. The number of hydrogen-bond donors (Lipinski definition) is 1. The van der Waals surface area contributed by atoms with Gasteiger partial charge in [-0.15, -0.1) is 0 Å². The van der Waals surface area contributed by atoms with Gasteiger partial charge in [0.15, 0.2) is 0 Å². The molecule has 3 aliphatic carbocycles. The van der Waals surface area contributed by atoms with Crippen LogP contribution in [0.15, 0.2) is 24.3 Å². The van der Waals surface area contributed by atoms with Crippen LogP contribution in [-0.4, -0.2) is 41.6 Å². The molecule has 0 radical (unpaired) electrons. The molecule has 1 aromatic carbocycles. The zero-order valence-corrected chi connectivity index (χ0v) is 15.2. The minimum Gasteiger partial charge on any atom is -0.447 e. The van der Waals surface area contributed by atoms with E-state index in [1.54, 1.807) is 0 Å². The predicted molar refractivity (Wildman–Crippen MR) is 94.6 cm³/mol. The Balaban J connectivity index is 1.17. The first-order valence-electron chi connectivity index (χ1n) is 9.81. The van der Waals surface area contributed by atoms with Gasteiger partial charge in [0.2, 0.25) is 5.91 Å². The molecule has 1 aromatic rings. The van der Waals surface area contributed by atoms with E-state index in [1.807, 2.05) is 0 Å². The summed E-state index contributed by atoms with van der Waals surface area (Å²) in [6.07, 6.45) is 1.12. The van der Waals surface area contributed by atoms with Crippen LogP contribution in [0.3, 0.4) is 0 Å². The number of carbonyl (C=O) groups excluding carboxylic acids is 2. The van der Waals surface area contributed by atoms with Gasteiger partial charge >= 0.3 is 6.09 Å². The number of nitrogens with one attached hydrogen (secondary N) is 1. The maximum Gasteiger partial charge on any atom is 0.407 e. The first-order valence-corrected chi connectivity index (χ1v) is 9.81. The van der Waals surface area contributed by atoms with Crippen LogP contribution in [0, 0.1) is 17.8 Å². The van der Waals surface area contributed by atoms with E-state index in [0.717, 1.165) is 19.4 Å². The fourth-order valence-electron chi connectivity index (χ4n) is 6.16. The largest absolute Gasteiger partial charge is 0.447 e. The highest BCUT2D eigenvalue weighted by atomic mass is 16.6. The molecule has 2 bridgehead atoms. The number of carbonyl (C=O) groups is 2. The van der Waals surface area contributed by atoms with Crippen molar-refractivity contribution in [2.24, 2.45) is 17.8 Å². The minimum absolute atomic E-state index is 0.0507. The van der Waals surface area contributed by atoms with Gasteiger partial charge in [-0.2, -0.15) is 0 Å². The Morgan fingerprint density at radius 3 is 2.73 bits per heavy atom. The summed E-state index contributed by atoms with van der Waals surface area (Å²) in [5.74, 6) is 2.27. The maximum atomic E-state index is 13.0. The average molecular weight is 352 g/mol. The molecule has 0 aromatic heterocycles. The molecule has 5 nitrogen and oxygen atoms in total. The Labute approximate surface area is 153 Å². The van der Waals surface area contributed by atoms with E-state index >= 15 is 0 Å². The topological polar surface area (TPSA) is 58.6 Å². The van der Waals surface area contributed by atoms with Crippen molar-refractivity contribution in [3.8, 4) is 0 Å². The van der Waals surface area contributed by atoms with Gasteiger partial charge < -0.3 is 15.0 Å². The molecule has 3 saturated heterocycles. The number of alkyl carbamates (subject to hydrolysis) is 1. The second kappa shape index (κ2) is 4.44. The van der Waals surface area contributed by atoms with Gasteiger partial charge in [-0.3, -0.25) is 4.79 Å². The lowest BCUT2D eigenvalue weighted by Crippen LogP contribution is -2.58. The van der Waals surface area contributed by atoms with E-state index in [2.05, 4.69) is 48.3 Å². The summed E-state index contributed by atoms with van der Waals surface area (Å²) in [5.41, 5.74) is 2.81. The van der Waals surface area contributed by atoms with Crippen LogP contribution in [-0.2, 0) is 14.9 Å². The normalized spacial score (nSPS) is 43.8. The Hall–Kier alpha value is -2.04. The van der Waals surface area contributed by atoms with Crippen LogP contribution in [0.2, 0.25) is 0 Å². The third-order valence-corrected chi connectivity index (χ3v) is 7.70. The van der Waals surface area contributed by atoms with Gasteiger partial charge in [-0.25, -0.2) is 4.79 Å². The van der Waals surface area contributed by atoms with Crippen LogP contribution in [0.5, 0.6) is 0 Å². The lowest BCUT2D eigenvalue weighted by molar-refractivity contribution is -0.140. The molecule has 26 heavy (non-hydrogen) atoms. The lowest BCUT2D eigenvalue weighted by Gasteiger charge is -2.43. The standard InChI is InChI=1S/C21H24N2O3/c1-11(2)12-4-3-5-14(6-12)21-9-23(17-15(21)16(17)21)18(24)13-7-20(8-13)10-26-19(25)22-20/h3-6,11,13,15-17H,7-10H2,1-2H3,(H,22,25). The number of hydrogen-bond acceptors (Lipinski definition) is 3. The van der Waals surface area contributed by atoms with Crippen LogP contribution in [0.25, 0.3) is 0 Å². The summed E-state index contributed by atoms with van der Waals surface area (Å²) in [6, 6.07) is 9.49. The average Bonchev–Trinajstić information content (AvgIpc) is 3.31. The number of rotatable bonds is 3. The van der Waals surface area contributed by atoms with Gasteiger partial charge in [-0.05, 0) is 41.7 Å². The molecule has 2 atom stereocenters. The molecule has 5 heteroatoms. The molecular formula is C21H24N2O3. The van der Waals surface area contributed by atoms with E-state index in [4.69, 9.17) is 4.74 Å². The first-order chi connectivity index (χ1) is 12.5. The van der Waals surface area contributed by atoms with Crippen molar-refractivity contribution in [1.82, 2.24) is 10.2 Å². The zero-order valence-electron chi connectivity index (χ0n) is 15.2. The molecular weight excluding hydrogens is 328 g/mol. The van der Waals surface area contributed by atoms with Gasteiger partial charge in [-0.1, -0.05) is 38.1 Å². The van der Waals surface area contributed by atoms with Crippen molar-refractivity contribution in [2.75, 3.05) is 13.2 Å². The van der Waals surface area contributed by atoms with E-state index in [-0.39, 0.29) is 23.0 Å². The lowest BCUT2D eigenvalue weighted by atomic mass is 9.68. The van der Waals surface area contributed by atoms with E-state index < -0.39 is 0 Å². The molecule has 3 aliphatic heterocycles. The Morgan fingerprint density at radius 2 is 2.08 bits per heavy atom. The predicted octanol–water partition coefficient (Wildman–Crippen LogP) is 2.41. The number of fused-ring (bicyclic) bond motifs is 1. The first kappa shape index (κ1) is 15.1. The number of cyclic esters (lactones) is 1. The Morgan fingerprint density at radius 1 is 1.31 bits per heavy atom. The second-order valence-corrected chi connectivity index (χ2v) is 9.42. The number of benzene rings is 1. The quantitative estimate of drug-likeness (QED) is 0.909. The molecule has 6 fully saturated rings. The summed E-state index contributed by atoms with van der Waals surface area (Å²) in [4.78, 5) is 26.5. The highest BCUT2D eigenvalue weighted by Crippen LogP contribution is 2.84. The van der Waals surface area contributed by atoms with Crippen LogP contribution >= 0.6 is 0 Å². The molecule has 136 valence electrons. The molecule has 3 heterocycles. The van der Waals surface area contributed by atoms with Crippen LogP contribution in [0.4, 0.5) is 4.79 Å². The summed E-state index contributed by atoms with van der Waals surface area (Å²) in [7, 11) is 0. The zero-order chi connectivity index (χ0) is 17.8. The van der Waals surface area contributed by atoms with Crippen molar-refractivity contribution in [3.05, 3.63) is 35.4 Å². The van der Waals surface area contributed by atoms with Crippen molar-refractivity contribution in [1.29, 1.82) is 0 Å². The Kier molecular flexibility index (Phi) is 2.57. The SMILES string of the molecule is CC(C)c1cccc(C23CN(C(=O)C4CC5(COC(=O)N5)C4)C4C2C43)c1. The molecule has 6 aliphatic rings. The third-order valence-electron chi connectivity index (χ3n) is 7.70. The minimum atomic E-state index is -0.340. The molecule has 7 rings (SSSR count). The van der Waals surface area contributed by atoms with Crippen LogP contribution < -0.4 is 5.32 Å². The molecule has 1 N–H and O–H groups in total. The van der Waals surface area contributed by atoms with E-state index in [1.165, 1.54) is 11.1 Å². The second-order valence-electron chi connectivity index (χ2n) is 9.42. The van der Waals surface area contributed by atoms with Crippen molar-refractivity contribution >= 4 is 12.0 Å². The van der Waals surface area contributed by atoms with Gasteiger partial charge in [0.05, 0.1) is 5.54 Å². The maximum absolute atomic E-state index is 13.0. The summed E-state index contributed by atoms with van der Waals surface area (Å²) in [6.45, 7) is 5.77. The number of nitrogens with zero attached hydrogens (tertiary/aromatic N) is 1. The van der Waals surface area contributed by atoms with Crippen LogP contribution in [0.1, 0.15) is 43.7 Å². The Bertz CT molecular complexity index is 831. The fraction of sp³-hybridized carbons (Fsp3) is 0.619.